The van der Waals surface area contributed by atoms with E-state index >= 15 is 0 Å². The molecule has 0 spiro atoms. The standard InChI is InChI=1S/C11H23O4/c1-4-12-5-6-13-7-8-14-9-10-15-11(2)3/h4,11H,5-10H2,1-3H3/q-1. The molecule has 0 atom stereocenters. The maximum atomic E-state index is 5.31. The molecule has 0 saturated carbocycles. The predicted octanol–water partition coefficient (Wildman–Crippen LogP) is 1.64. The Bertz CT molecular complexity index is 117. The fourth-order valence-corrected chi connectivity index (χ4v) is 0.890. The number of ether oxygens (including phenoxy) is 4. The van der Waals surface area contributed by atoms with Crippen molar-refractivity contribution in [1.29, 1.82) is 0 Å². The summed E-state index contributed by atoms with van der Waals surface area (Å²) in [5, 5.41) is 0. The summed E-state index contributed by atoms with van der Waals surface area (Å²) in [6.45, 7) is 11.2. The Kier molecular flexibility index (Phi) is 11.8. The van der Waals surface area contributed by atoms with Gasteiger partial charge in [0.25, 0.3) is 0 Å². The molecule has 0 aliphatic heterocycles. The molecule has 0 rings (SSSR count). The van der Waals surface area contributed by atoms with Gasteiger partial charge in [-0.05, 0) is 13.8 Å². The first kappa shape index (κ1) is 14.8. The summed E-state index contributed by atoms with van der Waals surface area (Å²) in [4.78, 5) is 0. The van der Waals surface area contributed by atoms with Gasteiger partial charge in [0, 0.05) is 6.61 Å². The molecule has 4 nitrogen and oxygen atoms in total. The average molecular weight is 219 g/mol. The maximum absolute atomic E-state index is 5.31. The second-order valence-electron chi connectivity index (χ2n) is 3.25. The van der Waals surface area contributed by atoms with E-state index in [2.05, 4.69) is 0 Å². The molecule has 15 heavy (non-hydrogen) atoms. The summed E-state index contributed by atoms with van der Waals surface area (Å²) in [5.41, 5.74) is 0. The first-order chi connectivity index (χ1) is 7.27. The van der Waals surface area contributed by atoms with Crippen LogP contribution in [-0.2, 0) is 18.9 Å². The van der Waals surface area contributed by atoms with Crippen LogP contribution in [0.3, 0.4) is 0 Å². The van der Waals surface area contributed by atoms with E-state index in [1.54, 1.807) is 6.61 Å². The summed E-state index contributed by atoms with van der Waals surface area (Å²) >= 11 is 0. The first-order valence-electron chi connectivity index (χ1n) is 5.44. The molecule has 0 fully saturated rings. The molecule has 92 valence electrons. The Balaban J connectivity index is 2.87. The summed E-state index contributed by atoms with van der Waals surface area (Å²) < 4.78 is 20.9. The van der Waals surface area contributed by atoms with Crippen LogP contribution in [0.4, 0.5) is 0 Å². The summed E-state index contributed by atoms with van der Waals surface area (Å²) in [6, 6.07) is 0. The Labute approximate surface area is 92.8 Å². The van der Waals surface area contributed by atoms with Crippen molar-refractivity contribution >= 4 is 0 Å². The van der Waals surface area contributed by atoms with Crippen molar-refractivity contribution in [3.05, 3.63) is 6.61 Å². The molecular weight excluding hydrogens is 196 g/mol. The Morgan fingerprint density at radius 2 is 1.40 bits per heavy atom. The van der Waals surface area contributed by atoms with Crippen LogP contribution in [0.15, 0.2) is 0 Å². The summed E-state index contributed by atoms with van der Waals surface area (Å²) in [7, 11) is 0. The van der Waals surface area contributed by atoms with Gasteiger partial charge in [-0.1, -0.05) is 0 Å². The van der Waals surface area contributed by atoms with Crippen molar-refractivity contribution in [2.45, 2.75) is 26.9 Å². The molecule has 0 aliphatic carbocycles. The zero-order valence-corrected chi connectivity index (χ0v) is 10.0. The highest BCUT2D eigenvalue weighted by molar-refractivity contribution is 4.38. The van der Waals surface area contributed by atoms with Crippen LogP contribution in [0.5, 0.6) is 0 Å². The third kappa shape index (κ3) is 13.8. The second-order valence-corrected chi connectivity index (χ2v) is 3.25. The van der Waals surface area contributed by atoms with Crippen LogP contribution < -0.4 is 0 Å². The lowest BCUT2D eigenvalue weighted by atomic mass is 10.5. The van der Waals surface area contributed by atoms with Crippen LogP contribution in [0, 0.1) is 6.61 Å². The molecule has 0 aromatic carbocycles. The van der Waals surface area contributed by atoms with Crippen molar-refractivity contribution in [3.63, 3.8) is 0 Å². The molecule has 0 saturated heterocycles. The minimum atomic E-state index is 0.271. The number of hydrogen-bond donors (Lipinski definition) is 0. The van der Waals surface area contributed by atoms with E-state index in [1.807, 2.05) is 20.8 Å². The topological polar surface area (TPSA) is 36.9 Å². The zero-order valence-electron chi connectivity index (χ0n) is 10.0. The van der Waals surface area contributed by atoms with Crippen LogP contribution in [0.1, 0.15) is 20.8 Å². The maximum Gasteiger partial charge on any atom is 0.0703 e. The van der Waals surface area contributed by atoms with Gasteiger partial charge in [-0.2, -0.15) is 6.92 Å². The van der Waals surface area contributed by atoms with Crippen LogP contribution in [0.25, 0.3) is 0 Å². The highest BCUT2D eigenvalue weighted by Gasteiger charge is 1.93. The fourth-order valence-electron chi connectivity index (χ4n) is 0.890. The van der Waals surface area contributed by atoms with E-state index < -0.39 is 0 Å². The lowest BCUT2D eigenvalue weighted by Crippen LogP contribution is -2.13. The van der Waals surface area contributed by atoms with E-state index in [1.165, 1.54) is 0 Å². The fraction of sp³-hybridized carbons (Fsp3) is 0.909. The van der Waals surface area contributed by atoms with Gasteiger partial charge in [0.2, 0.25) is 0 Å². The second kappa shape index (κ2) is 11.9. The average Bonchev–Trinajstić information content (AvgIpc) is 2.20. The smallest absolute Gasteiger partial charge is 0.0703 e. The van der Waals surface area contributed by atoms with Crippen molar-refractivity contribution in [3.8, 4) is 0 Å². The molecule has 0 N–H and O–H groups in total. The van der Waals surface area contributed by atoms with Gasteiger partial charge in [0.05, 0.1) is 39.1 Å². The molecule has 0 bridgehead atoms. The Morgan fingerprint density at radius 1 is 0.867 bits per heavy atom. The molecule has 0 heterocycles. The minimum Gasteiger partial charge on any atom is -0.551 e. The number of hydrogen-bond acceptors (Lipinski definition) is 4. The predicted molar refractivity (Wildman–Crippen MR) is 58.7 cm³/mol. The van der Waals surface area contributed by atoms with Gasteiger partial charge in [-0.3, -0.25) is 0 Å². The largest absolute Gasteiger partial charge is 0.551 e. The molecule has 4 heteroatoms. The lowest BCUT2D eigenvalue weighted by molar-refractivity contribution is -0.00783. The van der Waals surface area contributed by atoms with E-state index in [0.717, 1.165) is 0 Å². The van der Waals surface area contributed by atoms with Crippen LogP contribution in [-0.4, -0.2) is 45.7 Å². The van der Waals surface area contributed by atoms with Gasteiger partial charge < -0.3 is 18.9 Å². The minimum absolute atomic E-state index is 0.271. The van der Waals surface area contributed by atoms with E-state index in [4.69, 9.17) is 18.9 Å². The lowest BCUT2D eigenvalue weighted by Gasteiger charge is -2.10. The van der Waals surface area contributed by atoms with Crippen LogP contribution in [0.2, 0.25) is 0 Å². The molecule has 0 aromatic heterocycles. The molecule has 0 amide bonds. The Morgan fingerprint density at radius 3 is 1.93 bits per heavy atom. The van der Waals surface area contributed by atoms with Gasteiger partial charge in [-0.25, -0.2) is 6.61 Å². The normalized spacial score (nSPS) is 11.2. The van der Waals surface area contributed by atoms with Gasteiger partial charge in [0.1, 0.15) is 0 Å². The third-order valence-electron chi connectivity index (χ3n) is 1.56. The molecule has 0 aliphatic rings. The number of rotatable bonds is 11. The first-order valence-corrected chi connectivity index (χ1v) is 5.44. The van der Waals surface area contributed by atoms with Crippen molar-refractivity contribution in [2.75, 3.05) is 39.6 Å². The summed E-state index contributed by atoms with van der Waals surface area (Å²) in [5.74, 6) is 0. The Hall–Kier alpha value is -0.160. The quantitative estimate of drug-likeness (QED) is 0.391. The molecule has 0 unspecified atom stereocenters. The van der Waals surface area contributed by atoms with Crippen molar-refractivity contribution in [2.24, 2.45) is 0 Å². The highest BCUT2D eigenvalue weighted by Crippen LogP contribution is 1.87. The van der Waals surface area contributed by atoms with E-state index in [-0.39, 0.29) is 6.10 Å². The SMILES string of the molecule is C[CH-]OCCOCCOCCOC(C)C. The van der Waals surface area contributed by atoms with E-state index in [9.17, 15) is 0 Å². The van der Waals surface area contributed by atoms with Crippen molar-refractivity contribution < 1.29 is 18.9 Å². The van der Waals surface area contributed by atoms with Gasteiger partial charge >= 0.3 is 0 Å². The van der Waals surface area contributed by atoms with Gasteiger partial charge in [0.15, 0.2) is 0 Å². The van der Waals surface area contributed by atoms with Crippen LogP contribution >= 0.6 is 0 Å². The monoisotopic (exact) mass is 219 g/mol. The van der Waals surface area contributed by atoms with E-state index in [0.29, 0.717) is 39.6 Å². The molecule has 0 radical (unpaired) electrons. The summed E-state index contributed by atoms with van der Waals surface area (Å²) in [6.07, 6.45) is 0.271. The molecular formula is C11H23O4-. The zero-order chi connectivity index (χ0) is 11.4. The highest BCUT2D eigenvalue weighted by atomic mass is 16.6. The van der Waals surface area contributed by atoms with Gasteiger partial charge in [-0.15, -0.1) is 0 Å². The third-order valence-corrected chi connectivity index (χ3v) is 1.56. The molecule has 0 aromatic rings. The van der Waals surface area contributed by atoms with Crippen molar-refractivity contribution in [1.82, 2.24) is 0 Å².